The smallest absolute Gasteiger partial charge is 0.254 e. The zero-order chi connectivity index (χ0) is 23.4. The molecule has 0 saturated heterocycles. The summed E-state index contributed by atoms with van der Waals surface area (Å²) in [5.74, 6) is -0.710. The first kappa shape index (κ1) is 22.3. The second kappa shape index (κ2) is 9.68. The fourth-order valence-electron chi connectivity index (χ4n) is 3.74. The van der Waals surface area contributed by atoms with Crippen LogP contribution in [-0.2, 0) is 6.54 Å². The molecule has 0 radical (unpaired) electrons. The summed E-state index contributed by atoms with van der Waals surface area (Å²) in [5.41, 5.74) is 2.22. The predicted octanol–water partition coefficient (Wildman–Crippen LogP) is 4.84. The van der Waals surface area contributed by atoms with Crippen molar-refractivity contribution in [3.8, 4) is 22.6 Å². The van der Waals surface area contributed by atoms with E-state index in [9.17, 15) is 13.6 Å². The van der Waals surface area contributed by atoms with Crippen molar-refractivity contribution >= 4 is 5.91 Å². The van der Waals surface area contributed by atoms with Crippen LogP contribution in [0.5, 0.6) is 0 Å². The van der Waals surface area contributed by atoms with E-state index in [1.54, 1.807) is 40.2 Å². The molecule has 2 heterocycles. The number of hydrogen-bond acceptors (Lipinski definition) is 4. The number of likely N-dealkylation sites (N-methyl/N-ethyl adjacent to an activating group) is 1. The third-order valence-electron chi connectivity index (χ3n) is 5.38. The number of amides is 1. The molecule has 6 nitrogen and oxygen atoms in total. The van der Waals surface area contributed by atoms with Gasteiger partial charge in [0, 0.05) is 42.3 Å². The molecule has 0 spiro atoms. The Balaban J connectivity index is 1.56. The number of carbonyl (C=O) groups excluding carboxylic acids is 1. The molecule has 0 N–H and O–H groups in total. The fraction of sp³-hybridized carbons (Fsp3) is 0.200. The van der Waals surface area contributed by atoms with Crippen molar-refractivity contribution in [1.29, 1.82) is 0 Å². The fourth-order valence-corrected chi connectivity index (χ4v) is 3.74. The minimum absolute atomic E-state index is 0.196. The topological polar surface area (TPSA) is 63.9 Å². The van der Waals surface area contributed by atoms with E-state index >= 15 is 0 Å². The van der Waals surface area contributed by atoms with E-state index in [4.69, 9.17) is 0 Å². The van der Waals surface area contributed by atoms with Gasteiger partial charge in [0.1, 0.15) is 11.6 Å². The number of carbonyl (C=O) groups is 1. The van der Waals surface area contributed by atoms with Crippen LogP contribution in [0.2, 0.25) is 0 Å². The molecule has 0 unspecified atom stereocenters. The highest BCUT2D eigenvalue weighted by atomic mass is 19.1. The highest BCUT2D eigenvalue weighted by molar-refractivity contribution is 6.00. The Bertz CT molecular complexity index is 1240. The highest BCUT2D eigenvalue weighted by Gasteiger charge is 2.24. The lowest BCUT2D eigenvalue weighted by Crippen LogP contribution is -2.41. The van der Waals surface area contributed by atoms with Gasteiger partial charge in [0.2, 0.25) is 0 Å². The molecular weight excluding hydrogens is 424 g/mol. The molecule has 0 aliphatic carbocycles. The maximum Gasteiger partial charge on any atom is 0.254 e. The lowest BCUT2D eigenvalue weighted by molar-refractivity contribution is 0.0686. The molecule has 0 aliphatic heterocycles. The van der Waals surface area contributed by atoms with Crippen LogP contribution >= 0.6 is 0 Å². The maximum atomic E-state index is 14.0. The normalized spacial score (nSPS) is 11.9. The van der Waals surface area contributed by atoms with E-state index in [2.05, 4.69) is 15.1 Å². The number of halogens is 2. The third-order valence-corrected chi connectivity index (χ3v) is 5.38. The first-order valence-electron chi connectivity index (χ1n) is 10.6. The summed E-state index contributed by atoms with van der Waals surface area (Å²) in [4.78, 5) is 23.5. The van der Waals surface area contributed by atoms with E-state index in [1.165, 1.54) is 30.3 Å². The number of nitrogens with zero attached hydrogens (tertiary/aromatic N) is 5. The van der Waals surface area contributed by atoms with Crippen molar-refractivity contribution < 1.29 is 13.6 Å². The van der Waals surface area contributed by atoms with E-state index in [0.717, 1.165) is 11.3 Å². The van der Waals surface area contributed by atoms with E-state index < -0.39 is 5.82 Å². The Morgan fingerprint density at radius 2 is 1.73 bits per heavy atom. The van der Waals surface area contributed by atoms with Crippen LogP contribution in [0, 0.1) is 11.6 Å². The van der Waals surface area contributed by atoms with Crippen LogP contribution < -0.4 is 0 Å². The predicted molar refractivity (Wildman–Crippen MR) is 121 cm³/mol. The summed E-state index contributed by atoms with van der Waals surface area (Å²) >= 11 is 0. The molecule has 168 valence electrons. The minimum atomic E-state index is -0.463. The average molecular weight is 447 g/mol. The van der Waals surface area contributed by atoms with Crippen LogP contribution in [0.1, 0.15) is 24.2 Å². The quantitative estimate of drug-likeness (QED) is 0.407. The largest absolute Gasteiger partial charge is 0.334 e. The molecule has 0 bridgehead atoms. The molecular formula is C25H23F2N5O. The number of hydrogen-bond donors (Lipinski definition) is 0. The first-order chi connectivity index (χ1) is 16.0. The summed E-state index contributed by atoms with van der Waals surface area (Å²) in [6.07, 6.45) is 4.94. The van der Waals surface area contributed by atoms with Gasteiger partial charge in [0.15, 0.2) is 5.82 Å². The molecule has 8 heteroatoms. The van der Waals surface area contributed by atoms with Gasteiger partial charge in [-0.3, -0.25) is 9.48 Å². The van der Waals surface area contributed by atoms with Crippen molar-refractivity contribution in [3.63, 3.8) is 0 Å². The van der Waals surface area contributed by atoms with Gasteiger partial charge in [-0.05, 0) is 68.4 Å². The molecule has 0 fully saturated rings. The summed E-state index contributed by atoms with van der Waals surface area (Å²) in [6.45, 7) is 4.74. The second-order valence-corrected chi connectivity index (χ2v) is 7.63. The van der Waals surface area contributed by atoms with Gasteiger partial charge in [0.25, 0.3) is 5.91 Å². The van der Waals surface area contributed by atoms with Crippen LogP contribution in [0.15, 0.2) is 73.2 Å². The number of benzene rings is 2. The summed E-state index contributed by atoms with van der Waals surface area (Å²) in [5, 5.41) is 4.56. The molecule has 1 amide bonds. The van der Waals surface area contributed by atoms with E-state index in [0.29, 0.717) is 30.0 Å². The Hall–Kier alpha value is -3.94. The van der Waals surface area contributed by atoms with Crippen molar-refractivity contribution in [2.75, 3.05) is 6.54 Å². The molecule has 2 aromatic carbocycles. The lowest BCUT2D eigenvalue weighted by Gasteiger charge is -2.29. The average Bonchev–Trinajstić information content (AvgIpc) is 3.28. The van der Waals surface area contributed by atoms with Gasteiger partial charge in [-0.25, -0.2) is 18.7 Å². The van der Waals surface area contributed by atoms with E-state index in [1.807, 2.05) is 26.1 Å². The second-order valence-electron chi connectivity index (χ2n) is 7.63. The maximum absolute atomic E-state index is 14.0. The van der Waals surface area contributed by atoms with Crippen molar-refractivity contribution in [1.82, 2.24) is 24.6 Å². The van der Waals surface area contributed by atoms with Crippen molar-refractivity contribution in [3.05, 3.63) is 90.4 Å². The summed E-state index contributed by atoms with van der Waals surface area (Å²) in [6, 6.07) is 13.5. The zero-order valence-corrected chi connectivity index (χ0v) is 18.3. The first-order valence-corrected chi connectivity index (χ1v) is 10.6. The standard InChI is InChI=1S/C25H23F2N5O/c1-3-32(17(2)16-31-14-11-23(30-31)18-5-7-19(26)8-6-18)25(33)21-10-9-20(27)15-22(21)24-28-12-4-13-29-24/h4-15,17H,3,16H2,1-2H3/t17-/m0/s1. The number of rotatable bonds is 7. The Kier molecular flexibility index (Phi) is 6.53. The van der Waals surface area contributed by atoms with Crippen molar-refractivity contribution in [2.24, 2.45) is 0 Å². The van der Waals surface area contributed by atoms with Gasteiger partial charge >= 0.3 is 0 Å². The third kappa shape index (κ3) is 4.95. The van der Waals surface area contributed by atoms with Crippen LogP contribution in [-0.4, -0.2) is 43.1 Å². The molecule has 0 saturated carbocycles. The van der Waals surface area contributed by atoms with Gasteiger partial charge in [-0.1, -0.05) is 0 Å². The Labute approximate surface area is 190 Å². The molecule has 2 aromatic heterocycles. The van der Waals surface area contributed by atoms with Gasteiger partial charge in [-0.2, -0.15) is 5.10 Å². The Morgan fingerprint density at radius 1 is 1.03 bits per heavy atom. The molecule has 4 rings (SSSR count). The minimum Gasteiger partial charge on any atom is -0.334 e. The summed E-state index contributed by atoms with van der Waals surface area (Å²) in [7, 11) is 0. The van der Waals surface area contributed by atoms with Crippen molar-refractivity contribution in [2.45, 2.75) is 26.4 Å². The zero-order valence-electron chi connectivity index (χ0n) is 18.3. The molecule has 4 aromatic rings. The highest BCUT2D eigenvalue weighted by Crippen LogP contribution is 2.24. The van der Waals surface area contributed by atoms with Crippen LogP contribution in [0.3, 0.4) is 0 Å². The SMILES string of the molecule is CCN(C(=O)c1ccc(F)cc1-c1ncccn1)[C@@H](C)Cn1ccc(-c2ccc(F)cc2)n1. The molecule has 0 aliphatic rings. The van der Waals surface area contributed by atoms with Gasteiger partial charge in [-0.15, -0.1) is 0 Å². The summed E-state index contributed by atoms with van der Waals surface area (Å²) < 4.78 is 28.9. The van der Waals surface area contributed by atoms with Gasteiger partial charge in [0.05, 0.1) is 17.8 Å². The molecule has 33 heavy (non-hydrogen) atoms. The van der Waals surface area contributed by atoms with Crippen LogP contribution in [0.4, 0.5) is 8.78 Å². The lowest BCUT2D eigenvalue weighted by atomic mass is 10.0. The van der Waals surface area contributed by atoms with Crippen LogP contribution in [0.25, 0.3) is 22.6 Å². The molecule has 1 atom stereocenters. The Morgan fingerprint density at radius 3 is 2.42 bits per heavy atom. The monoisotopic (exact) mass is 447 g/mol. The van der Waals surface area contributed by atoms with Gasteiger partial charge < -0.3 is 4.90 Å². The number of aromatic nitrogens is 4. The van der Waals surface area contributed by atoms with E-state index in [-0.39, 0.29) is 17.8 Å².